The average molecular weight is 324 g/mol. The van der Waals surface area contributed by atoms with E-state index in [1.54, 1.807) is 30.4 Å². The maximum atomic E-state index is 12.6. The van der Waals surface area contributed by atoms with E-state index in [1.165, 1.54) is 0 Å². The van der Waals surface area contributed by atoms with Crippen LogP contribution >= 0.6 is 11.3 Å². The summed E-state index contributed by atoms with van der Waals surface area (Å²) in [7, 11) is -3.56. The van der Waals surface area contributed by atoms with Crippen molar-refractivity contribution in [3.63, 3.8) is 0 Å². The van der Waals surface area contributed by atoms with Crippen molar-refractivity contribution in [2.45, 2.75) is 37.8 Å². The normalized spacial score (nSPS) is 13.3. The standard InChI is InChI=1S/C15H20N2O2S2/c1-3-13(14-5-4-8-20-14)17-21(18,19)15-9-12(10-16)7-6-11(15)2/h4-9,13,17H,3,10,16H2,1-2H3. The molecule has 2 rings (SSSR count). The molecule has 2 aromatic rings. The van der Waals surface area contributed by atoms with E-state index in [0.717, 1.165) is 16.0 Å². The Kier molecular flexibility index (Phi) is 5.16. The fraction of sp³-hybridized carbons (Fsp3) is 0.333. The van der Waals surface area contributed by atoms with Gasteiger partial charge in [0.05, 0.1) is 10.9 Å². The predicted octanol–water partition coefficient (Wildman–Crippen LogP) is 2.94. The Bertz CT molecular complexity index is 694. The molecule has 0 aliphatic carbocycles. The van der Waals surface area contributed by atoms with Gasteiger partial charge in [0, 0.05) is 11.4 Å². The lowest BCUT2D eigenvalue weighted by Gasteiger charge is -2.17. The van der Waals surface area contributed by atoms with E-state index in [-0.39, 0.29) is 6.04 Å². The molecule has 114 valence electrons. The van der Waals surface area contributed by atoms with Gasteiger partial charge in [-0.15, -0.1) is 11.3 Å². The molecule has 0 saturated carbocycles. The second-order valence-electron chi connectivity index (χ2n) is 4.90. The zero-order valence-corrected chi connectivity index (χ0v) is 13.8. The van der Waals surface area contributed by atoms with Crippen LogP contribution in [0, 0.1) is 6.92 Å². The zero-order valence-electron chi connectivity index (χ0n) is 12.2. The van der Waals surface area contributed by atoms with Crippen LogP contribution in [0.1, 0.15) is 35.4 Å². The first-order valence-electron chi connectivity index (χ1n) is 6.83. The number of hydrogen-bond donors (Lipinski definition) is 2. The van der Waals surface area contributed by atoms with E-state index in [2.05, 4.69) is 4.72 Å². The maximum Gasteiger partial charge on any atom is 0.241 e. The van der Waals surface area contributed by atoms with Gasteiger partial charge in [-0.2, -0.15) is 0 Å². The van der Waals surface area contributed by atoms with Crippen molar-refractivity contribution in [2.75, 3.05) is 0 Å². The first-order chi connectivity index (χ1) is 9.97. The molecule has 0 amide bonds. The number of benzene rings is 1. The fourth-order valence-electron chi connectivity index (χ4n) is 2.14. The second kappa shape index (κ2) is 6.70. The molecule has 3 N–H and O–H groups in total. The number of hydrogen-bond acceptors (Lipinski definition) is 4. The van der Waals surface area contributed by atoms with Crippen molar-refractivity contribution in [3.05, 3.63) is 51.7 Å². The Balaban J connectivity index is 2.34. The first kappa shape index (κ1) is 16.2. The van der Waals surface area contributed by atoms with E-state index < -0.39 is 10.0 Å². The molecule has 4 nitrogen and oxygen atoms in total. The highest BCUT2D eigenvalue weighted by atomic mass is 32.2. The lowest BCUT2D eigenvalue weighted by molar-refractivity contribution is 0.552. The molecule has 1 aromatic carbocycles. The van der Waals surface area contributed by atoms with Crippen molar-refractivity contribution in [3.8, 4) is 0 Å². The molecule has 0 aliphatic rings. The zero-order chi connectivity index (χ0) is 15.5. The largest absolute Gasteiger partial charge is 0.326 e. The molecule has 0 fully saturated rings. The number of rotatable bonds is 6. The Morgan fingerprint density at radius 1 is 1.33 bits per heavy atom. The van der Waals surface area contributed by atoms with E-state index >= 15 is 0 Å². The van der Waals surface area contributed by atoms with Gasteiger partial charge in [-0.3, -0.25) is 0 Å². The second-order valence-corrected chi connectivity index (χ2v) is 7.56. The minimum atomic E-state index is -3.56. The molecule has 0 bridgehead atoms. The van der Waals surface area contributed by atoms with E-state index in [4.69, 9.17) is 5.73 Å². The fourth-order valence-corrected chi connectivity index (χ4v) is 4.67. The Morgan fingerprint density at radius 3 is 2.67 bits per heavy atom. The number of aryl methyl sites for hydroxylation is 1. The molecule has 0 radical (unpaired) electrons. The number of thiophene rings is 1. The third-order valence-electron chi connectivity index (χ3n) is 3.37. The lowest BCUT2D eigenvalue weighted by atomic mass is 10.1. The van der Waals surface area contributed by atoms with Crippen molar-refractivity contribution in [1.82, 2.24) is 4.72 Å². The number of nitrogens with one attached hydrogen (secondary N) is 1. The highest BCUT2D eigenvalue weighted by Crippen LogP contribution is 2.25. The molecular weight excluding hydrogens is 304 g/mol. The van der Waals surface area contributed by atoms with Crippen LogP contribution in [-0.2, 0) is 16.6 Å². The van der Waals surface area contributed by atoms with Gasteiger partial charge in [-0.05, 0) is 42.0 Å². The minimum absolute atomic E-state index is 0.198. The first-order valence-corrected chi connectivity index (χ1v) is 9.19. The smallest absolute Gasteiger partial charge is 0.241 e. The van der Waals surface area contributed by atoms with Crippen LogP contribution in [-0.4, -0.2) is 8.42 Å². The summed E-state index contributed by atoms with van der Waals surface area (Å²) >= 11 is 1.56. The Morgan fingerprint density at radius 2 is 2.10 bits per heavy atom. The molecule has 0 saturated heterocycles. The molecule has 1 atom stereocenters. The molecule has 1 unspecified atom stereocenters. The third-order valence-corrected chi connectivity index (χ3v) is 5.97. The van der Waals surface area contributed by atoms with Crippen molar-refractivity contribution in [1.29, 1.82) is 0 Å². The van der Waals surface area contributed by atoms with Crippen LogP contribution in [0.5, 0.6) is 0 Å². The van der Waals surface area contributed by atoms with Gasteiger partial charge >= 0.3 is 0 Å². The monoisotopic (exact) mass is 324 g/mol. The van der Waals surface area contributed by atoms with Gasteiger partial charge in [0.1, 0.15) is 0 Å². The number of sulfonamides is 1. The highest BCUT2D eigenvalue weighted by Gasteiger charge is 2.22. The van der Waals surface area contributed by atoms with Gasteiger partial charge < -0.3 is 5.73 Å². The minimum Gasteiger partial charge on any atom is -0.326 e. The molecule has 6 heteroatoms. The van der Waals surface area contributed by atoms with Gasteiger partial charge in [-0.25, -0.2) is 13.1 Å². The van der Waals surface area contributed by atoms with Crippen molar-refractivity contribution < 1.29 is 8.42 Å². The Labute approximate surface area is 130 Å². The summed E-state index contributed by atoms with van der Waals surface area (Å²) in [5.74, 6) is 0. The summed E-state index contributed by atoms with van der Waals surface area (Å²) in [6, 6.07) is 8.98. The van der Waals surface area contributed by atoms with Crippen LogP contribution in [0.4, 0.5) is 0 Å². The van der Waals surface area contributed by atoms with Crippen LogP contribution < -0.4 is 10.5 Å². The molecule has 1 aromatic heterocycles. The quantitative estimate of drug-likeness (QED) is 0.858. The lowest BCUT2D eigenvalue weighted by Crippen LogP contribution is -2.28. The summed E-state index contributed by atoms with van der Waals surface area (Å²) in [6.07, 6.45) is 0.704. The SMILES string of the molecule is CCC(NS(=O)(=O)c1cc(CN)ccc1C)c1cccs1. The molecular formula is C15H20N2O2S2. The van der Waals surface area contributed by atoms with Gasteiger partial charge in [-0.1, -0.05) is 25.1 Å². The van der Waals surface area contributed by atoms with E-state index in [0.29, 0.717) is 17.9 Å². The Hall–Kier alpha value is -1.21. The topological polar surface area (TPSA) is 72.2 Å². The summed E-state index contributed by atoms with van der Waals surface area (Å²) in [6.45, 7) is 4.09. The maximum absolute atomic E-state index is 12.6. The summed E-state index contributed by atoms with van der Waals surface area (Å²) in [4.78, 5) is 1.33. The summed E-state index contributed by atoms with van der Waals surface area (Å²) in [5, 5.41) is 1.95. The van der Waals surface area contributed by atoms with Crippen LogP contribution in [0.15, 0.2) is 40.6 Å². The molecule has 1 heterocycles. The highest BCUT2D eigenvalue weighted by molar-refractivity contribution is 7.89. The van der Waals surface area contributed by atoms with Gasteiger partial charge in [0.15, 0.2) is 0 Å². The molecule has 0 aliphatic heterocycles. The molecule has 0 spiro atoms. The summed E-state index contributed by atoms with van der Waals surface area (Å²) < 4.78 is 28.1. The molecule has 21 heavy (non-hydrogen) atoms. The van der Waals surface area contributed by atoms with Gasteiger partial charge in [0.2, 0.25) is 10.0 Å². The predicted molar refractivity (Wildman–Crippen MR) is 86.7 cm³/mol. The third kappa shape index (κ3) is 3.71. The van der Waals surface area contributed by atoms with Crippen LogP contribution in [0.25, 0.3) is 0 Å². The van der Waals surface area contributed by atoms with E-state index in [1.807, 2.05) is 30.5 Å². The van der Waals surface area contributed by atoms with Crippen molar-refractivity contribution in [2.24, 2.45) is 5.73 Å². The van der Waals surface area contributed by atoms with Gasteiger partial charge in [0.25, 0.3) is 0 Å². The van der Waals surface area contributed by atoms with E-state index in [9.17, 15) is 8.42 Å². The number of nitrogens with two attached hydrogens (primary N) is 1. The van der Waals surface area contributed by atoms with Crippen molar-refractivity contribution >= 4 is 21.4 Å². The average Bonchev–Trinajstić information content (AvgIpc) is 2.99. The summed E-state index contributed by atoms with van der Waals surface area (Å²) in [5.41, 5.74) is 7.14. The van der Waals surface area contributed by atoms with Crippen LogP contribution in [0.3, 0.4) is 0 Å². The van der Waals surface area contributed by atoms with Crippen LogP contribution in [0.2, 0.25) is 0 Å².